The fourth-order valence-corrected chi connectivity index (χ4v) is 1.96. The molecule has 0 fully saturated rings. The molecule has 0 unspecified atom stereocenters. The summed E-state index contributed by atoms with van der Waals surface area (Å²) in [5.41, 5.74) is 3.39. The van der Waals surface area contributed by atoms with Gasteiger partial charge in [-0.3, -0.25) is 0 Å². The van der Waals surface area contributed by atoms with E-state index in [-0.39, 0.29) is 6.03 Å². The van der Waals surface area contributed by atoms with E-state index >= 15 is 0 Å². The first-order valence-corrected chi connectivity index (χ1v) is 6.05. The van der Waals surface area contributed by atoms with Crippen LogP contribution in [-0.4, -0.2) is 24.5 Å². The summed E-state index contributed by atoms with van der Waals surface area (Å²) in [6.07, 6.45) is 1.14. The summed E-state index contributed by atoms with van der Waals surface area (Å²) in [6.45, 7) is 4.76. The molecule has 17 heavy (non-hydrogen) atoms. The SMILES string of the molecule is CCCNCc1ccc2c(c1)CN(C)C(=O)N2. The Morgan fingerprint density at radius 3 is 3.06 bits per heavy atom. The number of hydrogen-bond donors (Lipinski definition) is 2. The van der Waals surface area contributed by atoms with Gasteiger partial charge in [-0.2, -0.15) is 0 Å². The van der Waals surface area contributed by atoms with Crippen LogP contribution in [0.2, 0.25) is 0 Å². The Morgan fingerprint density at radius 2 is 2.29 bits per heavy atom. The van der Waals surface area contributed by atoms with Crippen molar-refractivity contribution in [1.29, 1.82) is 0 Å². The van der Waals surface area contributed by atoms with Crippen molar-refractivity contribution in [3.63, 3.8) is 0 Å². The standard InChI is InChI=1S/C13H19N3O/c1-3-6-14-8-10-4-5-12-11(7-10)9-16(2)13(17)15-12/h4-5,7,14H,3,6,8-9H2,1-2H3,(H,15,17). The van der Waals surface area contributed by atoms with Crippen LogP contribution in [0.5, 0.6) is 0 Å². The maximum atomic E-state index is 11.5. The fourth-order valence-electron chi connectivity index (χ4n) is 1.96. The zero-order valence-corrected chi connectivity index (χ0v) is 10.4. The van der Waals surface area contributed by atoms with Gasteiger partial charge in [0.15, 0.2) is 0 Å². The molecule has 1 aromatic carbocycles. The Hall–Kier alpha value is -1.55. The Bertz CT molecular complexity index is 417. The van der Waals surface area contributed by atoms with E-state index in [1.54, 1.807) is 11.9 Å². The largest absolute Gasteiger partial charge is 0.323 e. The molecule has 2 amide bonds. The number of carbonyl (C=O) groups excluding carboxylic acids is 1. The highest BCUT2D eigenvalue weighted by molar-refractivity contribution is 5.92. The molecule has 4 heteroatoms. The van der Waals surface area contributed by atoms with Gasteiger partial charge in [-0.05, 0) is 30.2 Å². The number of nitrogens with one attached hydrogen (secondary N) is 2. The fraction of sp³-hybridized carbons (Fsp3) is 0.462. The Labute approximate surface area is 102 Å². The summed E-state index contributed by atoms with van der Waals surface area (Å²) >= 11 is 0. The first-order chi connectivity index (χ1) is 8.20. The van der Waals surface area contributed by atoms with Gasteiger partial charge in [0.25, 0.3) is 0 Å². The van der Waals surface area contributed by atoms with Gasteiger partial charge < -0.3 is 15.5 Å². The van der Waals surface area contributed by atoms with Crippen LogP contribution < -0.4 is 10.6 Å². The van der Waals surface area contributed by atoms with Gasteiger partial charge in [-0.25, -0.2) is 4.79 Å². The molecule has 0 aliphatic carbocycles. The summed E-state index contributed by atoms with van der Waals surface area (Å²) < 4.78 is 0. The summed E-state index contributed by atoms with van der Waals surface area (Å²) in [5, 5.41) is 6.25. The third kappa shape index (κ3) is 2.77. The second-order valence-corrected chi connectivity index (χ2v) is 4.45. The van der Waals surface area contributed by atoms with Crippen LogP contribution in [-0.2, 0) is 13.1 Å². The van der Waals surface area contributed by atoms with Crippen LogP contribution in [0.3, 0.4) is 0 Å². The topological polar surface area (TPSA) is 44.4 Å². The highest BCUT2D eigenvalue weighted by Crippen LogP contribution is 2.23. The van der Waals surface area contributed by atoms with Gasteiger partial charge >= 0.3 is 6.03 Å². The van der Waals surface area contributed by atoms with Crippen molar-refractivity contribution in [3.8, 4) is 0 Å². The average Bonchev–Trinajstić information content (AvgIpc) is 2.31. The molecule has 1 aromatic rings. The first kappa shape index (κ1) is 11.9. The summed E-state index contributed by atoms with van der Waals surface area (Å²) in [4.78, 5) is 13.1. The van der Waals surface area contributed by atoms with E-state index in [4.69, 9.17) is 0 Å². The molecule has 2 N–H and O–H groups in total. The summed E-state index contributed by atoms with van der Waals surface area (Å²) in [5.74, 6) is 0. The molecule has 0 saturated carbocycles. The molecule has 92 valence electrons. The molecule has 1 heterocycles. The van der Waals surface area contributed by atoms with Crippen LogP contribution in [0.15, 0.2) is 18.2 Å². The minimum Gasteiger partial charge on any atom is -0.323 e. The van der Waals surface area contributed by atoms with Gasteiger partial charge in [0.2, 0.25) is 0 Å². The number of benzene rings is 1. The van der Waals surface area contributed by atoms with Gasteiger partial charge in [-0.15, -0.1) is 0 Å². The van der Waals surface area contributed by atoms with E-state index in [0.29, 0.717) is 6.54 Å². The normalized spacial score (nSPS) is 14.5. The number of rotatable bonds is 4. The molecule has 2 rings (SSSR count). The van der Waals surface area contributed by atoms with Crippen LogP contribution in [0.1, 0.15) is 24.5 Å². The predicted octanol–water partition coefficient (Wildman–Crippen LogP) is 2.16. The quantitative estimate of drug-likeness (QED) is 0.783. The van der Waals surface area contributed by atoms with Crippen LogP contribution in [0.4, 0.5) is 10.5 Å². The van der Waals surface area contributed by atoms with Gasteiger partial charge in [-0.1, -0.05) is 19.1 Å². The lowest BCUT2D eigenvalue weighted by Gasteiger charge is -2.26. The van der Waals surface area contributed by atoms with E-state index < -0.39 is 0 Å². The molecule has 0 aromatic heterocycles. The summed E-state index contributed by atoms with van der Waals surface area (Å²) in [6, 6.07) is 6.18. The van der Waals surface area contributed by atoms with E-state index in [2.05, 4.69) is 29.7 Å². The third-order valence-corrected chi connectivity index (χ3v) is 2.92. The zero-order valence-electron chi connectivity index (χ0n) is 10.4. The number of amides is 2. The highest BCUT2D eigenvalue weighted by Gasteiger charge is 2.18. The molecule has 0 saturated heterocycles. The third-order valence-electron chi connectivity index (χ3n) is 2.92. The van der Waals surface area contributed by atoms with Crippen molar-refractivity contribution in [2.75, 3.05) is 18.9 Å². The van der Waals surface area contributed by atoms with E-state index in [1.165, 1.54) is 11.1 Å². The number of nitrogens with zero attached hydrogens (tertiary/aromatic N) is 1. The van der Waals surface area contributed by atoms with Gasteiger partial charge in [0, 0.05) is 25.8 Å². The monoisotopic (exact) mass is 233 g/mol. The number of hydrogen-bond acceptors (Lipinski definition) is 2. The van der Waals surface area contributed by atoms with Gasteiger partial charge in [0.1, 0.15) is 0 Å². The lowest BCUT2D eigenvalue weighted by Crippen LogP contribution is -2.35. The van der Waals surface area contributed by atoms with Crippen LogP contribution >= 0.6 is 0 Å². The second-order valence-electron chi connectivity index (χ2n) is 4.45. The number of carbonyl (C=O) groups is 1. The Balaban J connectivity index is 2.09. The van der Waals surface area contributed by atoms with Crippen molar-refractivity contribution in [3.05, 3.63) is 29.3 Å². The number of urea groups is 1. The molecule has 0 spiro atoms. The average molecular weight is 233 g/mol. The first-order valence-electron chi connectivity index (χ1n) is 6.05. The lowest BCUT2D eigenvalue weighted by atomic mass is 10.1. The molecule has 0 radical (unpaired) electrons. The Morgan fingerprint density at radius 1 is 1.47 bits per heavy atom. The number of anilines is 1. The molecule has 0 bridgehead atoms. The predicted molar refractivity (Wildman–Crippen MR) is 68.9 cm³/mol. The smallest absolute Gasteiger partial charge is 0.321 e. The van der Waals surface area contributed by atoms with Crippen molar-refractivity contribution in [1.82, 2.24) is 10.2 Å². The maximum absolute atomic E-state index is 11.5. The van der Waals surface area contributed by atoms with Crippen LogP contribution in [0, 0.1) is 0 Å². The molecular weight excluding hydrogens is 214 g/mol. The molecule has 1 aliphatic heterocycles. The molecule has 0 atom stereocenters. The van der Waals surface area contributed by atoms with E-state index in [9.17, 15) is 4.79 Å². The lowest BCUT2D eigenvalue weighted by molar-refractivity contribution is 0.218. The van der Waals surface area contributed by atoms with Crippen LogP contribution in [0.25, 0.3) is 0 Å². The van der Waals surface area contributed by atoms with Crippen molar-refractivity contribution in [2.24, 2.45) is 0 Å². The maximum Gasteiger partial charge on any atom is 0.321 e. The minimum absolute atomic E-state index is 0.0330. The van der Waals surface area contributed by atoms with Crippen molar-refractivity contribution in [2.45, 2.75) is 26.4 Å². The summed E-state index contributed by atoms with van der Waals surface area (Å²) in [7, 11) is 1.81. The van der Waals surface area contributed by atoms with Gasteiger partial charge in [0.05, 0.1) is 0 Å². The van der Waals surface area contributed by atoms with Crippen molar-refractivity contribution >= 4 is 11.7 Å². The van der Waals surface area contributed by atoms with Crippen molar-refractivity contribution < 1.29 is 4.79 Å². The molecule has 4 nitrogen and oxygen atoms in total. The second kappa shape index (κ2) is 5.19. The molecular formula is C13H19N3O. The minimum atomic E-state index is -0.0330. The zero-order chi connectivity index (χ0) is 12.3. The van der Waals surface area contributed by atoms with E-state index in [1.807, 2.05) is 6.07 Å². The molecule has 1 aliphatic rings. The number of fused-ring (bicyclic) bond motifs is 1. The highest BCUT2D eigenvalue weighted by atomic mass is 16.2. The Kier molecular flexibility index (Phi) is 3.64. The van der Waals surface area contributed by atoms with E-state index in [0.717, 1.165) is 25.2 Å².